The first-order chi connectivity index (χ1) is 10.4. The maximum Gasteiger partial charge on any atom is 0.138 e. The standard InChI is InChI=1S/C18H14N2O/c1-2-6-13(7-3-1)12-21-16-10-4-9-15-17(16)14-8-5-11-19-18(14)20-15/h1-11H,12H2,(H,19,20). The monoisotopic (exact) mass is 274 g/mol. The van der Waals surface area contributed by atoms with Gasteiger partial charge in [-0.15, -0.1) is 0 Å². The van der Waals surface area contributed by atoms with E-state index in [1.54, 1.807) is 6.20 Å². The fourth-order valence-electron chi connectivity index (χ4n) is 2.60. The molecule has 3 nitrogen and oxygen atoms in total. The third-order valence-electron chi connectivity index (χ3n) is 3.59. The molecule has 0 atom stereocenters. The van der Waals surface area contributed by atoms with E-state index >= 15 is 0 Å². The second kappa shape index (κ2) is 4.94. The molecule has 0 fully saturated rings. The molecule has 4 aromatic rings. The zero-order chi connectivity index (χ0) is 14.1. The predicted octanol–water partition coefficient (Wildman–Crippen LogP) is 4.30. The second-order valence-corrected chi connectivity index (χ2v) is 4.98. The number of rotatable bonds is 3. The molecule has 21 heavy (non-hydrogen) atoms. The summed E-state index contributed by atoms with van der Waals surface area (Å²) < 4.78 is 6.02. The van der Waals surface area contributed by atoms with Crippen molar-refractivity contribution in [3.63, 3.8) is 0 Å². The SMILES string of the molecule is c1ccc(COc2cccc3[nH]c4ncccc4c23)cc1. The molecule has 3 heteroatoms. The Labute approximate surface area is 122 Å². The molecule has 0 bridgehead atoms. The molecule has 1 N–H and O–H groups in total. The van der Waals surface area contributed by atoms with Crippen molar-refractivity contribution >= 4 is 21.9 Å². The Morgan fingerprint density at radius 1 is 0.905 bits per heavy atom. The number of pyridine rings is 1. The van der Waals surface area contributed by atoms with Crippen LogP contribution in [0.2, 0.25) is 0 Å². The molecule has 0 aliphatic rings. The van der Waals surface area contributed by atoms with Crippen molar-refractivity contribution in [1.82, 2.24) is 9.97 Å². The Kier molecular flexibility index (Phi) is 2.82. The van der Waals surface area contributed by atoms with Gasteiger partial charge in [-0.25, -0.2) is 4.98 Å². The average Bonchev–Trinajstić information content (AvgIpc) is 2.93. The first kappa shape index (κ1) is 12.0. The van der Waals surface area contributed by atoms with Crippen LogP contribution in [-0.4, -0.2) is 9.97 Å². The highest BCUT2D eigenvalue weighted by atomic mass is 16.5. The topological polar surface area (TPSA) is 37.9 Å². The van der Waals surface area contributed by atoms with Crippen LogP contribution in [0, 0.1) is 0 Å². The molecule has 0 saturated carbocycles. The molecule has 2 heterocycles. The van der Waals surface area contributed by atoms with Crippen LogP contribution in [0.3, 0.4) is 0 Å². The van der Waals surface area contributed by atoms with Gasteiger partial charge in [-0.1, -0.05) is 36.4 Å². The molecule has 102 valence electrons. The van der Waals surface area contributed by atoms with Crippen LogP contribution in [0.1, 0.15) is 5.56 Å². The molecule has 0 spiro atoms. The van der Waals surface area contributed by atoms with Gasteiger partial charge in [0.05, 0.1) is 10.9 Å². The summed E-state index contributed by atoms with van der Waals surface area (Å²) in [7, 11) is 0. The van der Waals surface area contributed by atoms with Crippen LogP contribution in [0.15, 0.2) is 66.9 Å². The number of benzene rings is 2. The van der Waals surface area contributed by atoms with Gasteiger partial charge in [-0.3, -0.25) is 0 Å². The second-order valence-electron chi connectivity index (χ2n) is 4.98. The summed E-state index contributed by atoms with van der Waals surface area (Å²) in [5, 5.41) is 2.19. The molecule has 0 unspecified atom stereocenters. The number of nitrogens with zero attached hydrogens (tertiary/aromatic N) is 1. The van der Waals surface area contributed by atoms with Gasteiger partial charge in [-0.2, -0.15) is 0 Å². The molecule has 2 aromatic heterocycles. The summed E-state index contributed by atoms with van der Waals surface area (Å²) in [6.45, 7) is 0.562. The molecule has 2 aromatic carbocycles. The van der Waals surface area contributed by atoms with Gasteiger partial charge in [0.25, 0.3) is 0 Å². The first-order valence-electron chi connectivity index (χ1n) is 6.94. The lowest BCUT2D eigenvalue weighted by Gasteiger charge is -2.07. The van der Waals surface area contributed by atoms with Gasteiger partial charge in [-0.05, 0) is 29.8 Å². The maximum atomic E-state index is 6.02. The van der Waals surface area contributed by atoms with Gasteiger partial charge >= 0.3 is 0 Å². The number of aromatic nitrogens is 2. The van der Waals surface area contributed by atoms with E-state index in [0.717, 1.165) is 33.2 Å². The van der Waals surface area contributed by atoms with E-state index in [2.05, 4.69) is 28.2 Å². The Balaban J connectivity index is 1.78. The predicted molar refractivity (Wildman–Crippen MR) is 84.4 cm³/mol. The van der Waals surface area contributed by atoms with Crippen molar-refractivity contribution in [3.8, 4) is 5.75 Å². The minimum absolute atomic E-state index is 0.562. The van der Waals surface area contributed by atoms with E-state index in [-0.39, 0.29) is 0 Å². The Morgan fingerprint density at radius 2 is 1.81 bits per heavy atom. The van der Waals surface area contributed by atoms with Crippen molar-refractivity contribution < 1.29 is 4.74 Å². The lowest BCUT2D eigenvalue weighted by Crippen LogP contribution is -1.95. The maximum absolute atomic E-state index is 6.02. The Bertz CT molecular complexity index is 897. The minimum atomic E-state index is 0.562. The van der Waals surface area contributed by atoms with Crippen LogP contribution in [0.5, 0.6) is 5.75 Å². The van der Waals surface area contributed by atoms with Gasteiger partial charge in [0.1, 0.15) is 18.0 Å². The smallest absolute Gasteiger partial charge is 0.138 e. The van der Waals surface area contributed by atoms with Gasteiger partial charge < -0.3 is 9.72 Å². The van der Waals surface area contributed by atoms with E-state index in [0.29, 0.717) is 6.61 Å². The van der Waals surface area contributed by atoms with E-state index < -0.39 is 0 Å². The summed E-state index contributed by atoms with van der Waals surface area (Å²) in [5.74, 6) is 0.885. The molecule has 0 aliphatic heterocycles. The Morgan fingerprint density at radius 3 is 2.71 bits per heavy atom. The van der Waals surface area contributed by atoms with Crippen molar-refractivity contribution in [2.45, 2.75) is 6.61 Å². The lowest BCUT2D eigenvalue weighted by molar-refractivity contribution is 0.310. The van der Waals surface area contributed by atoms with Crippen LogP contribution < -0.4 is 4.74 Å². The number of H-pyrrole nitrogens is 1. The molecular weight excluding hydrogens is 260 g/mol. The largest absolute Gasteiger partial charge is 0.488 e. The number of hydrogen-bond donors (Lipinski definition) is 1. The number of nitrogens with one attached hydrogen (secondary N) is 1. The number of aromatic amines is 1. The molecule has 0 saturated heterocycles. The highest BCUT2D eigenvalue weighted by molar-refractivity contribution is 6.09. The quantitative estimate of drug-likeness (QED) is 0.605. The van der Waals surface area contributed by atoms with Crippen molar-refractivity contribution in [2.75, 3.05) is 0 Å². The summed E-state index contributed by atoms with van der Waals surface area (Å²) in [5.41, 5.74) is 3.10. The summed E-state index contributed by atoms with van der Waals surface area (Å²) in [4.78, 5) is 7.69. The molecular formula is C18H14N2O. The van der Waals surface area contributed by atoms with Crippen LogP contribution >= 0.6 is 0 Å². The highest BCUT2D eigenvalue weighted by Crippen LogP contribution is 2.32. The van der Waals surface area contributed by atoms with E-state index in [1.807, 2.05) is 42.5 Å². The third-order valence-corrected chi connectivity index (χ3v) is 3.59. The van der Waals surface area contributed by atoms with Crippen LogP contribution in [0.25, 0.3) is 21.9 Å². The van der Waals surface area contributed by atoms with Crippen LogP contribution in [0.4, 0.5) is 0 Å². The number of fused-ring (bicyclic) bond motifs is 3. The molecule has 4 rings (SSSR count). The highest BCUT2D eigenvalue weighted by Gasteiger charge is 2.09. The van der Waals surface area contributed by atoms with Gasteiger partial charge in [0.2, 0.25) is 0 Å². The fourth-order valence-corrected chi connectivity index (χ4v) is 2.60. The lowest BCUT2D eigenvalue weighted by atomic mass is 10.2. The molecule has 0 aliphatic carbocycles. The molecule has 0 amide bonds. The number of hydrogen-bond acceptors (Lipinski definition) is 2. The van der Waals surface area contributed by atoms with Crippen molar-refractivity contribution in [2.24, 2.45) is 0 Å². The van der Waals surface area contributed by atoms with E-state index in [4.69, 9.17) is 4.74 Å². The summed E-state index contributed by atoms with van der Waals surface area (Å²) in [6.07, 6.45) is 1.79. The fraction of sp³-hybridized carbons (Fsp3) is 0.0556. The summed E-state index contributed by atoms with van der Waals surface area (Å²) >= 11 is 0. The average molecular weight is 274 g/mol. The van der Waals surface area contributed by atoms with Crippen molar-refractivity contribution in [1.29, 1.82) is 0 Å². The number of ether oxygens (including phenoxy) is 1. The van der Waals surface area contributed by atoms with E-state index in [1.165, 1.54) is 0 Å². The van der Waals surface area contributed by atoms with Gasteiger partial charge in [0.15, 0.2) is 0 Å². The normalized spacial score (nSPS) is 11.0. The zero-order valence-electron chi connectivity index (χ0n) is 11.4. The molecule has 0 radical (unpaired) electrons. The van der Waals surface area contributed by atoms with Gasteiger partial charge in [0, 0.05) is 11.6 Å². The zero-order valence-corrected chi connectivity index (χ0v) is 11.4. The third kappa shape index (κ3) is 2.13. The van der Waals surface area contributed by atoms with Crippen LogP contribution in [-0.2, 0) is 6.61 Å². The van der Waals surface area contributed by atoms with Crippen molar-refractivity contribution in [3.05, 3.63) is 72.4 Å². The first-order valence-corrected chi connectivity index (χ1v) is 6.94. The Hall–Kier alpha value is -2.81. The summed E-state index contributed by atoms with van der Waals surface area (Å²) in [6, 6.07) is 20.3. The minimum Gasteiger partial charge on any atom is -0.488 e. The van der Waals surface area contributed by atoms with E-state index in [9.17, 15) is 0 Å².